The third-order valence-electron chi connectivity index (χ3n) is 4.25. The lowest BCUT2D eigenvalue weighted by atomic mass is 9.98. The Hall–Kier alpha value is -2.73. The fraction of sp³-hybridized carbons (Fsp3) is 0.286. The quantitative estimate of drug-likeness (QED) is 0.710. The van der Waals surface area contributed by atoms with Crippen molar-refractivity contribution in [3.63, 3.8) is 0 Å². The molecule has 2 heterocycles. The Balaban J connectivity index is 1.87. The number of nitrogens with zero attached hydrogens (tertiary/aromatic N) is 2. The number of benzene rings is 1. The van der Waals surface area contributed by atoms with Gasteiger partial charge >= 0.3 is 0 Å². The Labute approximate surface area is 162 Å². The van der Waals surface area contributed by atoms with E-state index < -0.39 is 0 Å². The predicted molar refractivity (Wildman–Crippen MR) is 108 cm³/mol. The van der Waals surface area contributed by atoms with Gasteiger partial charge in [-0.05, 0) is 41.0 Å². The van der Waals surface area contributed by atoms with Gasteiger partial charge in [-0.3, -0.25) is 9.59 Å². The monoisotopic (exact) mass is 381 g/mol. The largest absolute Gasteiger partial charge is 0.339 e. The normalized spacial score (nSPS) is 12.1. The van der Waals surface area contributed by atoms with Gasteiger partial charge in [0.25, 0.3) is 11.5 Å². The minimum atomic E-state index is -0.310. The first-order chi connectivity index (χ1) is 12.9. The van der Waals surface area contributed by atoms with Crippen LogP contribution in [0.3, 0.4) is 0 Å². The molecular formula is C21H23N3O2S. The highest BCUT2D eigenvalue weighted by Crippen LogP contribution is 2.27. The van der Waals surface area contributed by atoms with Gasteiger partial charge < -0.3 is 5.32 Å². The molecule has 3 aromatic rings. The number of rotatable bonds is 6. The average Bonchev–Trinajstić information content (AvgIpc) is 3.16. The van der Waals surface area contributed by atoms with Gasteiger partial charge in [-0.2, -0.15) is 5.10 Å². The molecule has 1 unspecified atom stereocenters. The molecule has 0 aliphatic rings. The van der Waals surface area contributed by atoms with Crippen molar-refractivity contribution in [2.24, 2.45) is 13.0 Å². The van der Waals surface area contributed by atoms with Crippen LogP contribution >= 0.6 is 11.3 Å². The van der Waals surface area contributed by atoms with E-state index in [9.17, 15) is 9.59 Å². The zero-order valence-electron chi connectivity index (χ0n) is 15.7. The predicted octanol–water partition coefficient (Wildman–Crippen LogP) is 3.56. The number of thiophene rings is 1. The summed E-state index contributed by atoms with van der Waals surface area (Å²) < 4.78 is 1.16. The molecule has 0 bridgehead atoms. The molecule has 0 radical (unpaired) electrons. The molecule has 1 N–H and O–H groups in total. The second-order valence-electron chi connectivity index (χ2n) is 6.94. The summed E-state index contributed by atoms with van der Waals surface area (Å²) in [7, 11) is 1.53. The number of nitrogens with one attached hydrogen (secondary N) is 1. The van der Waals surface area contributed by atoms with Gasteiger partial charge in [0.05, 0.1) is 6.04 Å². The summed E-state index contributed by atoms with van der Waals surface area (Å²) >= 11 is 1.59. The number of aryl methyl sites for hydroxylation is 1. The number of carbonyl (C=O) groups excluding carboxylic acids is 1. The zero-order valence-corrected chi connectivity index (χ0v) is 16.5. The highest BCUT2D eigenvalue weighted by atomic mass is 32.1. The molecule has 140 valence electrons. The van der Waals surface area contributed by atoms with E-state index in [-0.39, 0.29) is 23.2 Å². The topological polar surface area (TPSA) is 64.0 Å². The second kappa shape index (κ2) is 8.31. The molecule has 2 aromatic heterocycles. The molecule has 0 aliphatic heterocycles. The number of carbonyl (C=O) groups is 1. The van der Waals surface area contributed by atoms with Crippen LogP contribution in [0.25, 0.3) is 0 Å². The van der Waals surface area contributed by atoms with Crippen molar-refractivity contribution in [3.8, 4) is 0 Å². The summed E-state index contributed by atoms with van der Waals surface area (Å²) in [6.45, 7) is 4.39. The van der Waals surface area contributed by atoms with Crippen LogP contribution in [0.4, 0.5) is 0 Å². The standard InChI is InChI=1S/C21H23N3O2S/c1-14(2)13-15-6-8-16(9-7-15)20(18-5-4-12-27-18)22-21(26)17-10-11-19(25)24(3)23-17/h4-12,14,20H,13H2,1-3H3,(H,22,26). The zero-order chi connectivity index (χ0) is 19.4. The summed E-state index contributed by atoms with van der Waals surface area (Å²) in [6.07, 6.45) is 1.03. The van der Waals surface area contributed by atoms with Crippen molar-refractivity contribution < 1.29 is 4.79 Å². The van der Waals surface area contributed by atoms with Gasteiger partial charge in [0, 0.05) is 18.0 Å². The Bertz CT molecular complexity index is 960. The van der Waals surface area contributed by atoms with Crippen LogP contribution < -0.4 is 10.9 Å². The minimum Gasteiger partial charge on any atom is -0.339 e. The molecule has 0 fully saturated rings. The van der Waals surface area contributed by atoms with E-state index in [4.69, 9.17) is 0 Å². The second-order valence-corrected chi connectivity index (χ2v) is 7.92. The van der Waals surface area contributed by atoms with E-state index >= 15 is 0 Å². The Morgan fingerprint density at radius 2 is 1.89 bits per heavy atom. The molecule has 5 nitrogen and oxygen atoms in total. The van der Waals surface area contributed by atoms with Gasteiger partial charge in [-0.15, -0.1) is 11.3 Å². The van der Waals surface area contributed by atoms with Crippen LogP contribution in [0, 0.1) is 5.92 Å². The van der Waals surface area contributed by atoms with Crippen LogP contribution in [0.15, 0.2) is 58.7 Å². The molecule has 1 amide bonds. The lowest BCUT2D eigenvalue weighted by molar-refractivity contribution is 0.0936. The first kappa shape index (κ1) is 19.0. The number of hydrogen-bond acceptors (Lipinski definition) is 4. The van der Waals surface area contributed by atoms with Crippen molar-refractivity contribution in [3.05, 3.63) is 86.0 Å². The highest BCUT2D eigenvalue weighted by Gasteiger charge is 2.20. The van der Waals surface area contributed by atoms with E-state index in [2.05, 4.69) is 48.5 Å². The van der Waals surface area contributed by atoms with Crippen molar-refractivity contribution in [1.29, 1.82) is 0 Å². The van der Waals surface area contributed by atoms with Gasteiger partial charge in [0.2, 0.25) is 0 Å². The van der Waals surface area contributed by atoms with Crippen LogP contribution in [0.5, 0.6) is 0 Å². The smallest absolute Gasteiger partial charge is 0.272 e. The Morgan fingerprint density at radius 3 is 2.48 bits per heavy atom. The summed E-state index contributed by atoms with van der Waals surface area (Å²) in [5, 5.41) is 9.09. The van der Waals surface area contributed by atoms with Gasteiger partial charge in [-0.1, -0.05) is 44.2 Å². The van der Waals surface area contributed by atoms with Crippen LogP contribution in [0.2, 0.25) is 0 Å². The number of hydrogen-bond donors (Lipinski definition) is 1. The lowest BCUT2D eigenvalue weighted by Crippen LogP contribution is -2.31. The Morgan fingerprint density at radius 1 is 1.15 bits per heavy atom. The third kappa shape index (κ3) is 4.71. The fourth-order valence-electron chi connectivity index (χ4n) is 2.92. The summed E-state index contributed by atoms with van der Waals surface area (Å²) in [6, 6.07) is 14.9. The summed E-state index contributed by atoms with van der Waals surface area (Å²) in [5.74, 6) is 0.287. The number of aromatic nitrogens is 2. The van der Waals surface area contributed by atoms with Gasteiger partial charge in [-0.25, -0.2) is 4.68 Å². The first-order valence-corrected chi connectivity index (χ1v) is 9.79. The molecule has 1 aromatic carbocycles. The fourth-order valence-corrected chi connectivity index (χ4v) is 3.72. The summed E-state index contributed by atoms with van der Waals surface area (Å²) in [4.78, 5) is 25.3. The van der Waals surface area contributed by atoms with Crippen LogP contribution in [-0.2, 0) is 13.5 Å². The van der Waals surface area contributed by atoms with E-state index in [1.165, 1.54) is 24.7 Å². The maximum absolute atomic E-state index is 12.7. The lowest BCUT2D eigenvalue weighted by Gasteiger charge is -2.18. The van der Waals surface area contributed by atoms with Crippen LogP contribution in [-0.4, -0.2) is 15.7 Å². The van der Waals surface area contributed by atoms with E-state index in [1.54, 1.807) is 11.3 Å². The maximum atomic E-state index is 12.7. The SMILES string of the molecule is CC(C)Cc1ccc(C(NC(=O)c2ccc(=O)n(C)n2)c2cccs2)cc1. The van der Waals surface area contributed by atoms with Crippen molar-refractivity contribution in [1.82, 2.24) is 15.1 Å². The maximum Gasteiger partial charge on any atom is 0.272 e. The van der Waals surface area contributed by atoms with E-state index in [0.717, 1.165) is 21.5 Å². The molecule has 0 saturated carbocycles. The molecule has 0 aliphatic carbocycles. The van der Waals surface area contributed by atoms with E-state index in [1.807, 2.05) is 17.5 Å². The molecule has 1 atom stereocenters. The van der Waals surface area contributed by atoms with Crippen molar-refractivity contribution in [2.45, 2.75) is 26.3 Å². The first-order valence-electron chi connectivity index (χ1n) is 8.91. The van der Waals surface area contributed by atoms with Crippen molar-refractivity contribution in [2.75, 3.05) is 0 Å². The molecule has 0 saturated heterocycles. The third-order valence-corrected chi connectivity index (χ3v) is 5.19. The molecule has 3 rings (SSSR count). The number of amides is 1. The molecule has 6 heteroatoms. The van der Waals surface area contributed by atoms with Gasteiger partial charge in [0.15, 0.2) is 0 Å². The highest BCUT2D eigenvalue weighted by molar-refractivity contribution is 7.10. The average molecular weight is 382 g/mol. The van der Waals surface area contributed by atoms with Crippen LogP contribution in [0.1, 0.15) is 46.4 Å². The molecule has 0 spiro atoms. The van der Waals surface area contributed by atoms with Gasteiger partial charge in [0.1, 0.15) is 5.69 Å². The molecular weight excluding hydrogens is 358 g/mol. The van der Waals surface area contributed by atoms with Crippen molar-refractivity contribution >= 4 is 17.2 Å². The van der Waals surface area contributed by atoms with E-state index in [0.29, 0.717) is 5.92 Å². The minimum absolute atomic E-state index is 0.218. The summed E-state index contributed by atoms with van der Waals surface area (Å²) in [5.41, 5.74) is 2.27. The Kier molecular flexibility index (Phi) is 5.86. The molecule has 27 heavy (non-hydrogen) atoms.